The molecule has 1 aromatic carbocycles. The number of nitrogens with zero attached hydrogens (tertiary/aromatic N) is 6. The van der Waals surface area contributed by atoms with E-state index in [0.29, 0.717) is 69.7 Å². The minimum Gasteiger partial charge on any atom is -0.378 e. The van der Waals surface area contributed by atoms with E-state index in [0.717, 1.165) is 4.47 Å². The molecule has 2 aliphatic heterocycles. The molecule has 2 saturated heterocycles. The summed E-state index contributed by atoms with van der Waals surface area (Å²) >= 11 is 3.32. The molecule has 2 fully saturated rings. The van der Waals surface area contributed by atoms with E-state index < -0.39 is 4.92 Å². The van der Waals surface area contributed by atoms with Gasteiger partial charge in [0.05, 0.1) is 33.9 Å². The first kappa shape index (κ1) is 20.5. The summed E-state index contributed by atoms with van der Waals surface area (Å²) in [6.45, 7) is 4.59. The molecule has 0 saturated carbocycles. The van der Waals surface area contributed by atoms with Gasteiger partial charge in [-0.05, 0) is 22.0 Å². The molecule has 0 unspecified atom stereocenters. The Morgan fingerprint density at radius 2 is 1.70 bits per heavy atom. The second-order valence-corrected chi connectivity index (χ2v) is 7.95. The Morgan fingerprint density at radius 1 is 1.03 bits per heavy atom. The Labute approximate surface area is 181 Å². The first-order valence-electron chi connectivity index (χ1n) is 9.66. The summed E-state index contributed by atoms with van der Waals surface area (Å²) in [5, 5.41) is 11.3. The molecular formula is C19H21BrN6O4. The SMILES string of the molecule is O=C(c1cc([N+](=O)[O-])ccc1N1CCOCC1)N1CCN(c2ncc(Br)cn2)CC1. The molecule has 3 heterocycles. The molecule has 0 N–H and O–H groups in total. The molecule has 0 atom stereocenters. The van der Waals surface area contributed by atoms with Crippen molar-refractivity contribution in [2.24, 2.45) is 0 Å². The topological polar surface area (TPSA) is 105 Å². The van der Waals surface area contributed by atoms with Crippen molar-refractivity contribution in [2.45, 2.75) is 0 Å². The van der Waals surface area contributed by atoms with E-state index in [2.05, 4.69) is 25.9 Å². The zero-order valence-corrected chi connectivity index (χ0v) is 17.8. The smallest absolute Gasteiger partial charge is 0.270 e. The minimum absolute atomic E-state index is 0.0859. The molecule has 0 bridgehead atoms. The number of morpholine rings is 1. The molecule has 11 heteroatoms. The molecule has 10 nitrogen and oxygen atoms in total. The second kappa shape index (κ2) is 8.92. The third kappa shape index (κ3) is 4.36. The number of aromatic nitrogens is 2. The highest BCUT2D eigenvalue weighted by Crippen LogP contribution is 2.28. The van der Waals surface area contributed by atoms with Gasteiger partial charge in [-0.15, -0.1) is 0 Å². The molecular weight excluding hydrogens is 456 g/mol. The lowest BCUT2D eigenvalue weighted by Gasteiger charge is -2.36. The number of nitro groups is 1. The van der Waals surface area contributed by atoms with Crippen molar-refractivity contribution in [1.29, 1.82) is 0 Å². The first-order chi connectivity index (χ1) is 14.5. The summed E-state index contributed by atoms with van der Waals surface area (Å²) in [6.07, 6.45) is 3.38. The number of non-ortho nitro benzene ring substituents is 1. The zero-order chi connectivity index (χ0) is 21.1. The van der Waals surface area contributed by atoms with E-state index in [1.165, 1.54) is 12.1 Å². The maximum absolute atomic E-state index is 13.3. The zero-order valence-electron chi connectivity index (χ0n) is 16.2. The molecule has 0 spiro atoms. The number of halogens is 1. The summed E-state index contributed by atoms with van der Waals surface area (Å²) in [5.74, 6) is 0.422. The fraction of sp³-hybridized carbons (Fsp3) is 0.421. The quantitative estimate of drug-likeness (QED) is 0.486. The number of carbonyl (C=O) groups excluding carboxylic acids is 1. The van der Waals surface area contributed by atoms with Gasteiger partial charge >= 0.3 is 0 Å². The molecule has 4 rings (SSSR count). The van der Waals surface area contributed by atoms with Gasteiger partial charge in [0.1, 0.15) is 0 Å². The van der Waals surface area contributed by atoms with Crippen LogP contribution < -0.4 is 9.80 Å². The Hall–Kier alpha value is -2.79. The molecule has 30 heavy (non-hydrogen) atoms. The lowest BCUT2D eigenvalue weighted by atomic mass is 10.1. The van der Waals surface area contributed by atoms with E-state index in [1.54, 1.807) is 23.4 Å². The van der Waals surface area contributed by atoms with Crippen molar-refractivity contribution < 1.29 is 14.5 Å². The normalized spacial score (nSPS) is 17.2. The van der Waals surface area contributed by atoms with Gasteiger partial charge in [0.25, 0.3) is 11.6 Å². The van der Waals surface area contributed by atoms with E-state index in [1.807, 2.05) is 9.80 Å². The number of anilines is 2. The average molecular weight is 477 g/mol. The summed E-state index contributed by atoms with van der Waals surface area (Å²) in [4.78, 5) is 38.5. The molecule has 2 aromatic rings. The van der Waals surface area contributed by atoms with Gasteiger partial charge in [0.15, 0.2) is 0 Å². The van der Waals surface area contributed by atoms with E-state index in [-0.39, 0.29) is 11.6 Å². The van der Waals surface area contributed by atoms with Crippen molar-refractivity contribution in [2.75, 3.05) is 62.3 Å². The number of hydrogen-bond donors (Lipinski definition) is 0. The van der Waals surface area contributed by atoms with E-state index >= 15 is 0 Å². The number of rotatable bonds is 4. The Bertz CT molecular complexity index is 927. The van der Waals surface area contributed by atoms with Crippen LogP contribution in [0.3, 0.4) is 0 Å². The van der Waals surface area contributed by atoms with Gasteiger partial charge in [-0.2, -0.15) is 0 Å². The average Bonchev–Trinajstić information content (AvgIpc) is 2.79. The molecule has 0 aliphatic carbocycles. The van der Waals surface area contributed by atoms with Crippen molar-refractivity contribution in [3.05, 3.63) is 50.7 Å². The van der Waals surface area contributed by atoms with Crippen LogP contribution in [0.25, 0.3) is 0 Å². The van der Waals surface area contributed by atoms with Crippen molar-refractivity contribution in [3.8, 4) is 0 Å². The number of piperazine rings is 1. The lowest BCUT2D eigenvalue weighted by molar-refractivity contribution is -0.384. The maximum Gasteiger partial charge on any atom is 0.270 e. The van der Waals surface area contributed by atoms with Crippen LogP contribution in [0.4, 0.5) is 17.3 Å². The van der Waals surface area contributed by atoms with Gasteiger partial charge in [-0.1, -0.05) is 0 Å². The van der Waals surface area contributed by atoms with Crippen LogP contribution in [0, 0.1) is 10.1 Å². The van der Waals surface area contributed by atoms with Gasteiger partial charge in [-0.25, -0.2) is 9.97 Å². The molecule has 158 valence electrons. The number of carbonyl (C=O) groups is 1. The van der Waals surface area contributed by atoms with Crippen LogP contribution in [0.15, 0.2) is 35.1 Å². The summed E-state index contributed by atoms with van der Waals surface area (Å²) < 4.78 is 6.20. The first-order valence-corrected chi connectivity index (χ1v) is 10.4. The second-order valence-electron chi connectivity index (χ2n) is 7.04. The number of benzene rings is 1. The molecule has 0 radical (unpaired) electrons. The Balaban J connectivity index is 1.52. The fourth-order valence-corrected chi connectivity index (χ4v) is 3.84. The van der Waals surface area contributed by atoms with Gasteiger partial charge in [-0.3, -0.25) is 14.9 Å². The third-order valence-corrected chi connectivity index (χ3v) is 5.64. The highest BCUT2D eigenvalue weighted by atomic mass is 79.9. The number of hydrogen-bond acceptors (Lipinski definition) is 8. The fourth-order valence-electron chi connectivity index (χ4n) is 3.64. The van der Waals surface area contributed by atoms with Crippen LogP contribution in [0.2, 0.25) is 0 Å². The summed E-state index contributed by atoms with van der Waals surface area (Å²) in [5.41, 5.74) is 0.990. The van der Waals surface area contributed by atoms with Gasteiger partial charge in [0.2, 0.25) is 5.95 Å². The predicted octanol–water partition coefficient (Wildman–Crippen LogP) is 1.95. The minimum atomic E-state index is -0.470. The largest absolute Gasteiger partial charge is 0.378 e. The Morgan fingerprint density at radius 3 is 2.33 bits per heavy atom. The highest BCUT2D eigenvalue weighted by molar-refractivity contribution is 9.10. The number of amides is 1. The van der Waals surface area contributed by atoms with Crippen LogP contribution in [0.1, 0.15) is 10.4 Å². The van der Waals surface area contributed by atoms with Crippen LogP contribution in [-0.4, -0.2) is 78.2 Å². The van der Waals surface area contributed by atoms with Gasteiger partial charge < -0.3 is 19.4 Å². The highest BCUT2D eigenvalue weighted by Gasteiger charge is 2.28. The van der Waals surface area contributed by atoms with E-state index in [9.17, 15) is 14.9 Å². The number of ether oxygens (including phenoxy) is 1. The van der Waals surface area contributed by atoms with Crippen LogP contribution in [0.5, 0.6) is 0 Å². The third-order valence-electron chi connectivity index (χ3n) is 5.23. The van der Waals surface area contributed by atoms with Crippen LogP contribution in [-0.2, 0) is 4.74 Å². The van der Waals surface area contributed by atoms with Crippen molar-refractivity contribution >= 4 is 39.2 Å². The molecule has 1 aromatic heterocycles. The Kier molecular flexibility index (Phi) is 6.09. The van der Waals surface area contributed by atoms with Crippen LogP contribution >= 0.6 is 15.9 Å². The molecule has 1 amide bonds. The van der Waals surface area contributed by atoms with E-state index in [4.69, 9.17) is 4.74 Å². The predicted molar refractivity (Wildman–Crippen MR) is 114 cm³/mol. The monoisotopic (exact) mass is 476 g/mol. The standard InChI is InChI=1S/C19H21BrN6O4/c20-14-12-21-19(22-13-14)25-5-3-24(4-6-25)18(27)16-11-15(26(28)29)1-2-17(16)23-7-9-30-10-8-23/h1-2,11-13H,3-10H2. The summed E-state index contributed by atoms with van der Waals surface area (Å²) in [6, 6.07) is 4.50. The van der Waals surface area contributed by atoms with Gasteiger partial charge in [0, 0.05) is 63.8 Å². The lowest BCUT2D eigenvalue weighted by Crippen LogP contribution is -2.49. The van der Waals surface area contributed by atoms with Crippen molar-refractivity contribution in [1.82, 2.24) is 14.9 Å². The van der Waals surface area contributed by atoms with Crippen molar-refractivity contribution in [3.63, 3.8) is 0 Å². The molecule has 2 aliphatic rings. The maximum atomic E-state index is 13.3. The summed E-state index contributed by atoms with van der Waals surface area (Å²) in [7, 11) is 0. The number of nitro benzene ring substituents is 1.